The molecule has 1 heterocycles. The zero-order valence-electron chi connectivity index (χ0n) is 11.0. The van der Waals surface area contributed by atoms with E-state index in [4.69, 9.17) is 0 Å². The van der Waals surface area contributed by atoms with Gasteiger partial charge in [0.2, 0.25) is 5.91 Å². The molecule has 1 amide bonds. The van der Waals surface area contributed by atoms with Crippen LogP contribution in [0.15, 0.2) is 30.6 Å². The summed E-state index contributed by atoms with van der Waals surface area (Å²) in [6, 6.07) is 6.08. The molecule has 7 heteroatoms. The van der Waals surface area contributed by atoms with Crippen LogP contribution in [0.1, 0.15) is 24.4 Å². The molecule has 5 nitrogen and oxygen atoms in total. The summed E-state index contributed by atoms with van der Waals surface area (Å²) < 4.78 is 12.7. The molecule has 0 radical (unpaired) electrons. The minimum atomic E-state index is -0.252. The third kappa shape index (κ3) is 4.34. The van der Waals surface area contributed by atoms with Gasteiger partial charge in [-0.05, 0) is 24.6 Å². The monoisotopic (exact) mass is 294 g/mol. The van der Waals surface area contributed by atoms with Crippen LogP contribution in [0.25, 0.3) is 0 Å². The first-order valence-corrected chi connectivity index (χ1v) is 7.27. The number of H-pyrrole nitrogens is 1. The number of hydrogen-bond acceptors (Lipinski definition) is 4. The second-order valence-corrected chi connectivity index (χ2v) is 5.26. The Bertz CT molecular complexity index is 544. The number of carbonyl (C=O) groups excluding carboxylic acids is 1. The van der Waals surface area contributed by atoms with Gasteiger partial charge in [-0.15, -0.1) is 11.8 Å². The van der Waals surface area contributed by atoms with Crippen LogP contribution in [0, 0.1) is 5.82 Å². The lowest BCUT2D eigenvalue weighted by molar-refractivity contribution is -0.119. The number of hydrogen-bond donors (Lipinski definition) is 2. The molecule has 0 bridgehead atoms. The van der Waals surface area contributed by atoms with Crippen LogP contribution in [0.3, 0.4) is 0 Å². The molecule has 0 saturated carbocycles. The van der Waals surface area contributed by atoms with Crippen LogP contribution in [0.4, 0.5) is 4.39 Å². The van der Waals surface area contributed by atoms with Crippen molar-refractivity contribution in [1.29, 1.82) is 0 Å². The van der Waals surface area contributed by atoms with Crippen molar-refractivity contribution in [3.63, 3.8) is 0 Å². The summed E-state index contributed by atoms with van der Waals surface area (Å²) >= 11 is 1.48. The molecule has 1 unspecified atom stereocenters. The average molecular weight is 294 g/mol. The minimum absolute atomic E-state index is 0.0685. The number of halogens is 1. The molecule has 2 rings (SSSR count). The van der Waals surface area contributed by atoms with Crippen LogP contribution >= 0.6 is 11.8 Å². The Kier molecular flexibility index (Phi) is 5.11. The number of nitrogens with one attached hydrogen (secondary N) is 2. The second kappa shape index (κ2) is 7.04. The molecule has 1 aromatic heterocycles. The molecule has 20 heavy (non-hydrogen) atoms. The van der Waals surface area contributed by atoms with Gasteiger partial charge in [-0.1, -0.05) is 12.1 Å². The van der Waals surface area contributed by atoms with Gasteiger partial charge in [0.25, 0.3) is 0 Å². The van der Waals surface area contributed by atoms with Crippen LogP contribution < -0.4 is 5.32 Å². The van der Waals surface area contributed by atoms with Gasteiger partial charge in [-0.2, -0.15) is 5.10 Å². The Balaban J connectivity index is 1.71. The quantitative estimate of drug-likeness (QED) is 0.855. The number of aromatic nitrogens is 3. The van der Waals surface area contributed by atoms with Crippen molar-refractivity contribution in [3.05, 3.63) is 47.8 Å². The topological polar surface area (TPSA) is 70.7 Å². The number of thioether (sulfide) groups is 1. The maximum Gasteiger partial charge on any atom is 0.230 e. The Labute approximate surface area is 120 Å². The van der Waals surface area contributed by atoms with Crippen molar-refractivity contribution >= 4 is 17.7 Å². The van der Waals surface area contributed by atoms with Gasteiger partial charge in [0.05, 0.1) is 11.8 Å². The Morgan fingerprint density at radius 1 is 1.45 bits per heavy atom. The number of rotatable bonds is 6. The third-order valence-corrected chi connectivity index (χ3v) is 3.64. The van der Waals surface area contributed by atoms with Gasteiger partial charge >= 0.3 is 0 Å². The molecule has 1 aromatic carbocycles. The third-order valence-electron chi connectivity index (χ3n) is 2.64. The fraction of sp³-hybridized carbons (Fsp3) is 0.308. The van der Waals surface area contributed by atoms with Gasteiger partial charge in [-0.25, -0.2) is 9.37 Å². The first-order valence-electron chi connectivity index (χ1n) is 6.12. The summed E-state index contributed by atoms with van der Waals surface area (Å²) in [5.74, 6) is 1.32. The zero-order valence-corrected chi connectivity index (χ0v) is 11.8. The van der Waals surface area contributed by atoms with E-state index in [0.717, 1.165) is 5.56 Å². The van der Waals surface area contributed by atoms with E-state index in [1.165, 1.54) is 30.2 Å². The lowest BCUT2D eigenvalue weighted by atomic mass is 10.2. The van der Waals surface area contributed by atoms with Crippen LogP contribution in [0.2, 0.25) is 0 Å². The molecule has 106 valence electrons. The van der Waals surface area contributed by atoms with Crippen molar-refractivity contribution < 1.29 is 9.18 Å². The summed E-state index contributed by atoms with van der Waals surface area (Å²) in [6.45, 7) is 1.84. The predicted octanol–water partition coefficient (Wildman–Crippen LogP) is 2.05. The second-order valence-electron chi connectivity index (χ2n) is 4.28. The van der Waals surface area contributed by atoms with Crippen molar-refractivity contribution in [2.45, 2.75) is 18.7 Å². The summed E-state index contributed by atoms with van der Waals surface area (Å²) in [5.41, 5.74) is 0.993. The predicted molar refractivity (Wildman–Crippen MR) is 75.5 cm³/mol. The highest BCUT2D eigenvalue weighted by Crippen LogP contribution is 2.13. The fourth-order valence-corrected chi connectivity index (χ4v) is 2.42. The van der Waals surface area contributed by atoms with E-state index >= 15 is 0 Å². The normalized spacial score (nSPS) is 12.1. The summed E-state index contributed by atoms with van der Waals surface area (Å²) in [4.78, 5) is 15.7. The molecule has 2 N–H and O–H groups in total. The number of benzene rings is 1. The van der Waals surface area contributed by atoms with E-state index < -0.39 is 0 Å². The zero-order chi connectivity index (χ0) is 14.4. The molecule has 1 atom stereocenters. The van der Waals surface area contributed by atoms with Crippen molar-refractivity contribution in [3.8, 4) is 0 Å². The van der Waals surface area contributed by atoms with E-state index in [9.17, 15) is 9.18 Å². The van der Waals surface area contributed by atoms with E-state index in [2.05, 4.69) is 20.5 Å². The molecule has 0 spiro atoms. The lowest BCUT2D eigenvalue weighted by Crippen LogP contribution is -2.28. The summed E-state index contributed by atoms with van der Waals surface area (Å²) in [5, 5.41) is 9.27. The highest BCUT2D eigenvalue weighted by Gasteiger charge is 2.11. The van der Waals surface area contributed by atoms with Gasteiger partial charge in [-0.3, -0.25) is 9.89 Å². The highest BCUT2D eigenvalue weighted by atomic mass is 32.2. The van der Waals surface area contributed by atoms with Crippen LogP contribution in [0.5, 0.6) is 0 Å². The lowest BCUT2D eigenvalue weighted by Gasteiger charge is -2.10. The number of nitrogens with zero attached hydrogens (tertiary/aromatic N) is 2. The summed E-state index contributed by atoms with van der Waals surface area (Å²) in [7, 11) is 0. The molecular weight excluding hydrogens is 279 g/mol. The minimum Gasteiger partial charge on any atom is -0.346 e. The Morgan fingerprint density at radius 2 is 2.20 bits per heavy atom. The Morgan fingerprint density at radius 3 is 2.85 bits per heavy atom. The van der Waals surface area contributed by atoms with E-state index in [0.29, 0.717) is 17.3 Å². The van der Waals surface area contributed by atoms with E-state index in [1.54, 1.807) is 12.1 Å². The van der Waals surface area contributed by atoms with Crippen molar-refractivity contribution in [2.75, 3.05) is 5.75 Å². The molecule has 0 aliphatic heterocycles. The first kappa shape index (κ1) is 14.5. The van der Waals surface area contributed by atoms with Gasteiger partial charge < -0.3 is 5.32 Å². The largest absolute Gasteiger partial charge is 0.346 e. The smallest absolute Gasteiger partial charge is 0.230 e. The maximum atomic E-state index is 12.7. The van der Waals surface area contributed by atoms with Crippen LogP contribution in [-0.2, 0) is 10.5 Å². The molecule has 0 fully saturated rings. The fourth-order valence-electron chi connectivity index (χ4n) is 1.62. The van der Waals surface area contributed by atoms with Gasteiger partial charge in [0.15, 0.2) is 0 Å². The van der Waals surface area contributed by atoms with Crippen LogP contribution in [-0.4, -0.2) is 26.8 Å². The maximum absolute atomic E-state index is 12.7. The average Bonchev–Trinajstić information content (AvgIpc) is 2.95. The van der Waals surface area contributed by atoms with E-state index in [1.807, 2.05) is 6.92 Å². The van der Waals surface area contributed by atoms with Gasteiger partial charge in [0, 0.05) is 5.75 Å². The summed E-state index contributed by atoms with van der Waals surface area (Å²) in [6.07, 6.45) is 1.40. The van der Waals surface area contributed by atoms with Crippen molar-refractivity contribution in [1.82, 2.24) is 20.5 Å². The number of amides is 1. The molecule has 2 aromatic rings. The standard InChI is InChI=1S/C13H15FN4OS/c1-9(13-15-8-16-18-13)17-12(19)7-20-6-10-2-4-11(14)5-3-10/h2-5,8-9H,6-7H2,1H3,(H,17,19)(H,15,16,18). The SMILES string of the molecule is CC(NC(=O)CSCc1ccc(F)cc1)c1ncn[nH]1. The molecule has 0 aliphatic carbocycles. The van der Waals surface area contributed by atoms with Crippen molar-refractivity contribution in [2.24, 2.45) is 0 Å². The highest BCUT2D eigenvalue weighted by molar-refractivity contribution is 7.99. The number of carbonyl (C=O) groups is 1. The first-order chi connectivity index (χ1) is 9.65. The molecular formula is C13H15FN4OS. The molecule has 0 aliphatic rings. The molecule has 0 saturated heterocycles. The number of aromatic amines is 1. The van der Waals surface area contributed by atoms with E-state index in [-0.39, 0.29) is 17.8 Å². The Hall–Kier alpha value is -1.89. The van der Waals surface area contributed by atoms with Gasteiger partial charge in [0.1, 0.15) is 18.0 Å².